The molecular weight excluding hydrogens is 300 g/mol. The third-order valence-corrected chi connectivity index (χ3v) is 2.97. The van der Waals surface area contributed by atoms with Crippen molar-refractivity contribution in [2.75, 3.05) is 27.4 Å². The van der Waals surface area contributed by atoms with Gasteiger partial charge in [0.05, 0.1) is 20.8 Å². The summed E-state index contributed by atoms with van der Waals surface area (Å²) < 4.78 is 20.4. The summed E-state index contributed by atoms with van der Waals surface area (Å²) in [5, 5.41) is 0. The van der Waals surface area contributed by atoms with Crippen LogP contribution in [0.15, 0.2) is 30.6 Å². The van der Waals surface area contributed by atoms with Crippen LogP contribution in [0.2, 0.25) is 0 Å². The monoisotopic (exact) mass is 318 g/mol. The molecule has 23 heavy (non-hydrogen) atoms. The van der Waals surface area contributed by atoms with Crippen molar-refractivity contribution in [3.8, 4) is 28.6 Å². The van der Waals surface area contributed by atoms with Gasteiger partial charge in [-0.2, -0.15) is 0 Å². The van der Waals surface area contributed by atoms with Crippen molar-refractivity contribution < 1.29 is 23.7 Å². The molecular formula is C16H18N2O5. The maximum absolute atomic E-state index is 11.2. The lowest BCUT2D eigenvalue weighted by molar-refractivity contribution is -0.145. The van der Waals surface area contributed by atoms with Crippen LogP contribution in [0.4, 0.5) is 0 Å². The molecule has 2 aromatic rings. The number of methoxy groups -OCH3 is 2. The van der Waals surface area contributed by atoms with Crippen LogP contribution in [0.5, 0.6) is 17.5 Å². The lowest BCUT2D eigenvalue weighted by Gasteiger charge is -2.09. The topological polar surface area (TPSA) is 79.8 Å². The fourth-order valence-corrected chi connectivity index (χ4v) is 1.88. The highest BCUT2D eigenvalue weighted by atomic mass is 16.6. The molecule has 0 amide bonds. The molecule has 0 saturated heterocycles. The van der Waals surface area contributed by atoms with Crippen LogP contribution in [0.3, 0.4) is 0 Å². The molecule has 1 aromatic heterocycles. The van der Waals surface area contributed by atoms with Crippen LogP contribution in [0.25, 0.3) is 11.1 Å². The van der Waals surface area contributed by atoms with Crippen LogP contribution in [-0.2, 0) is 9.53 Å². The number of hydrogen-bond acceptors (Lipinski definition) is 7. The Balaban J connectivity index is 2.09. The Hall–Kier alpha value is -2.83. The number of carbonyl (C=O) groups excluding carboxylic acids is 1. The van der Waals surface area contributed by atoms with E-state index in [1.54, 1.807) is 39.6 Å². The Morgan fingerprint density at radius 3 is 2.35 bits per heavy atom. The Bertz CT molecular complexity index is 658. The van der Waals surface area contributed by atoms with Gasteiger partial charge >= 0.3 is 12.0 Å². The summed E-state index contributed by atoms with van der Waals surface area (Å²) in [6.45, 7) is 1.82. The van der Waals surface area contributed by atoms with E-state index >= 15 is 0 Å². The first-order chi connectivity index (χ1) is 11.2. The Kier molecular flexibility index (Phi) is 5.74. The second-order valence-corrected chi connectivity index (χ2v) is 4.42. The first-order valence-corrected chi connectivity index (χ1v) is 7.00. The minimum atomic E-state index is -0.458. The zero-order valence-electron chi connectivity index (χ0n) is 13.2. The SMILES string of the molecule is CCOC(=O)COc1ncc(-c2ccc(OC)c(OC)c2)cn1. The molecule has 1 heterocycles. The van der Waals surface area contributed by atoms with Crippen LogP contribution in [0.1, 0.15) is 6.92 Å². The van der Waals surface area contributed by atoms with Crippen molar-refractivity contribution in [1.82, 2.24) is 9.97 Å². The third-order valence-electron chi connectivity index (χ3n) is 2.97. The number of ether oxygens (including phenoxy) is 4. The molecule has 0 N–H and O–H groups in total. The highest BCUT2D eigenvalue weighted by molar-refractivity contribution is 5.71. The van der Waals surface area contributed by atoms with Gasteiger partial charge in [0.2, 0.25) is 0 Å². The Morgan fingerprint density at radius 2 is 1.74 bits per heavy atom. The van der Waals surface area contributed by atoms with Gasteiger partial charge in [0.25, 0.3) is 0 Å². The van der Waals surface area contributed by atoms with E-state index in [1.807, 2.05) is 12.1 Å². The predicted molar refractivity (Wildman–Crippen MR) is 82.7 cm³/mol. The second kappa shape index (κ2) is 7.98. The average molecular weight is 318 g/mol. The van der Waals surface area contributed by atoms with Gasteiger partial charge in [0.15, 0.2) is 18.1 Å². The molecule has 1 aromatic carbocycles. The van der Waals surface area contributed by atoms with Gasteiger partial charge in [-0.1, -0.05) is 6.07 Å². The van der Waals surface area contributed by atoms with Gasteiger partial charge in [0.1, 0.15) is 0 Å². The number of benzene rings is 1. The fraction of sp³-hybridized carbons (Fsp3) is 0.312. The van der Waals surface area contributed by atoms with E-state index in [0.717, 1.165) is 11.1 Å². The standard InChI is InChI=1S/C16H18N2O5/c1-4-22-15(19)10-23-16-17-8-12(9-18-16)11-5-6-13(20-2)14(7-11)21-3/h5-9H,4,10H2,1-3H3. The molecule has 0 saturated carbocycles. The largest absolute Gasteiger partial charge is 0.493 e. The van der Waals surface area contributed by atoms with Crippen LogP contribution in [-0.4, -0.2) is 43.4 Å². The molecule has 0 atom stereocenters. The van der Waals surface area contributed by atoms with Crippen molar-refractivity contribution in [3.05, 3.63) is 30.6 Å². The second-order valence-electron chi connectivity index (χ2n) is 4.42. The summed E-state index contributed by atoms with van der Waals surface area (Å²) in [7, 11) is 3.15. The molecule has 0 aliphatic rings. The summed E-state index contributed by atoms with van der Waals surface area (Å²) >= 11 is 0. The molecule has 0 radical (unpaired) electrons. The fourth-order valence-electron chi connectivity index (χ4n) is 1.88. The summed E-state index contributed by atoms with van der Waals surface area (Å²) in [4.78, 5) is 19.4. The van der Waals surface area contributed by atoms with Gasteiger partial charge < -0.3 is 18.9 Å². The van der Waals surface area contributed by atoms with Gasteiger partial charge in [-0.25, -0.2) is 14.8 Å². The van der Waals surface area contributed by atoms with Crippen LogP contribution >= 0.6 is 0 Å². The molecule has 7 nitrogen and oxygen atoms in total. The van der Waals surface area contributed by atoms with E-state index in [9.17, 15) is 4.79 Å². The van der Waals surface area contributed by atoms with Crippen molar-refractivity contribution in [3.63, 3.8) is 0 Å². The summed E-state index contributed by atoms with van der Waals surface area (Å²) in [5.74, 6) is 0.805. The Morgan fingerprint density at radius 1 is 1.04 bits per heavy atom. The lowest BCUT2D eigenvalue weighted by Crippen LogP contribution is -2.15. The van der Waals surface area contributed by atoms with Crippen molar-refractivity contribution in [2.45, 2.75) is 6.92 Å². The van der Waals surface area contributed by atoms with E-state index in [2.05, 4.69) is 9.97 Å². The third kappa shape index (κ3) is 4.32. The van der Waals surface area contributed by atoms with E-state index in [1.165, 1.54) is 0 Å². The highest BCUT2D eigenvalue weighted by Gasteiger charge is 2.08. The first kappa shape index (κ1) is 16.5. The molecule has 0 fully saturated rings. The van der Waals surface area contributed by atoms with Crippen molar-refractivity contribution in [1.29, 1.82) is 0 Å². The lowest BCUT2D eigenvalue weighted by atomic mass is 10.1. The van der Waals surface area contributed by atoms with Crippen LogP contribution in [0, 0.1) is 0 Å². The molecule has 0 aliphatic carbocycles. The smallest absolute Gasteiger partial charge is 0.344 e. The van der Waals surface area contributed by atoms with Crippen molar-refractivity contribution >= 4 is 5.97 Å². The van der Waals surface area contributed by atoms with E-state index in [4.69, 9.17) is 18.9 Å². The first-order valence-electron chi connectivity index (χ1n) is 7.00. The zero-order valence-corrected chi connectivity index (χ0v) is 13.2. The maximum Gasteiger partial charge on any atom is 0.344 e. The molecule has 0 spiro atoms. The minimum absolute atomic E-state index is 0.113. The normalized spacial score (nSPS) is 10.0. The number of hydrogen-bond donors (Lipinski definition) is 0. The predicted octanol–water partition coefficient (Wildman–Crippen LogP) is 2.10. The summed E-state index contributed by atoms with van der Waals surface area (Å²) in [6, 6.07) is 5.62. The van der Waals surface area contributed by atoms with Crippen LogP contribution < -0.4 is 14.2 Å². The molecule has 7 heteroatoms. The number of aromatic nitrogens is 2. The van der Waals surface area contributed by atoms with Crippen molar-refractivity contribution in [2.24, 2.45) is 0 Å². The maximum atomic E-state index is 11.2. The van der Waals surface area contributed by atoms with Gasteiger partial charge in [-0.3, -0.25) is 0 Å². The molecule has 0 bridgehead atoms. The Labute approximate surface area is 134 Å². The minimum Gasteiger partial charge on any atom is -0.493 e. The zero-order chi connectivity index (χ0) is 16.7. The van der Waals surface area contributed by atoms with Gasteiger partial charge in [-0.15, -0.1) is 0 Å². The number of rotatable bonds is 7. The number of nitrogens with zero attached hydrogens (tertiary/aromatic N) is 2. The van der Waals surface area contributed by atoms with Gasteiger partial charge in [-0.05, 0) is 24.6 Å². The molecule has 2 rings (SSSR count). The molecule has 0 unspecified atom stereocenters. The quantitative estimate of drug-likeness (QED) is 0.723. The molecule has 122 valence electrons. The van der Waals surface area contributed by atoms with Gasteiger partial charge in [0, 0.05) is 18.0 Å². The summed E-state index contributed by atoms with van der Waals surface area (Å²) in [5.41, 5.74) is 1.66. The van der Waals surface area contributed by atoms with E-state index < -0.39 is 5.97 Å². The number of esters is 1. The van der Waals surface area contributed by atoms with E-state index in [0.29, 0.717) is 18.1 Å². The average Bonchev–Trinajstić information content (AvgIpc) is 2.60. The summed E-state index contributed by atoms with van der Waals surface area (Å²) in [6.07, 6.45) is 3.21. The highest BCUT2D eigenvalue weighted by Crippen LogP contribution is 2.31. The number of carbonyl (C=O) groups is 1. The van der Waals surface area contributed by atoms with E-state index in [-0.39, 0.29) is 12.6 Å². The molecule has 0 aliphatic heterocycles.